The topological polar surface area (TPSA) is 61.8 Å². The lowest BCUT2D eigenvalue weighted by Gasteiger charge is -2.25. The molecular weight excluding hydrogens is 476 g/mol. The summed E-state index contributed by atoms with van der Waals surface area (Å²) < 4.78 is 18.2. The van der Waals surface area contributed by atoms with Gasteiger partial charge in [-0.25, -0.2) is 9.59 Å². The normalized spacial score (nSPS) is 17.0. The molecule has 38 heavy (non-hydrogen) atoms. The molecule has 198 valence electrons. The van der Waals surface area contributed by atoms with E-state index in [0.29, 0.717) is 16.9 Å². The first kappa shape index (κ1) is 27.3. The van der Waals surface area contributed by atoms with Crippen molar-refractivity contribution in [2.45, 2.75) is 65.6 Å². The average molecular weight is 513 g/mol. The van der Waals surface area contributed by atoms with E-state index in [1.165, 1.54) is 0 Å². The highest BCUT2D eigenvalue weighted by molar-refractivity contribution is 5.96. The first-order valence-electron chi connectivity index (χ1n) is 13.2. The lowest BCUT2D eigenvalue weighted by molar-refractivity contribution is -0.153. The second kappa shape index (κ2) is 11.8. The quantitative estimate of drug-likeness (QED) is 0.241. The Hall–Kier alpha value is -3.70. The zero-order valence-corrected chi connectivity index (χ0v) is 23.0. The van der Waals surface area contributed by atoms with Gasteiger partial charge in [0.1, 0.15) is 11.9 Å². The summed E-state index contributed by atoms with van der Waals surface area (Å²) in [6.07, 6.45) is -0.0943. The Morgan fingerprint density at radius 1 is 0.895 bits per heavy atom. The standard InChI is InChI=1S/C33H36O5/c1-7-36-32(34)28-19-24-17-16-22(6)18-27(24)31(37-29(28)23-12-9-8-10-13-23)33(35)38-30-25(20(2)3)14-11-15-26(30)21(4)5/h8-21,29,31H,7H2,1-6H3/t29-,31+/m0/s1. The van der Waals surface area contributed by atoms with Crippen LogP contribution in [0.2, 0.25) is 0 Å². The summed E-state index contributed by atoms with van der Waals surface area (Å²) in [5.41, 5.74) is 5.37. The zero-order valence-electron chi connectivity index (χ0n) is 23.0. The van der Waals surface area contributed by atoms with Gasteiger partial charge in [-0.2, -0.15) is 0 Å². The zero-order chi connectivity index (χ0) is 27.4. The number of carbonyl (C=O) groups excluding carboxylic acids is 2. The third kappa shape index (κ3) is 5.73. The van der Waals surface area contributed by atoms with E-state index < -0.39 is 24.1 Å². The van der Waals surface area contributed by atoms with Crippen LogP contribution in [-0.4, -0.2) is 18.5 Å². The van der Waals surface area contributed by atoms with E-state index in [1.807, 2.05) is 73.7 Å². The van der Waals surface area contributed by atoms with E-state index in [4.69, 9.17) is 14.2 Å². The number of aryl methyl sites for hydroxylation is 1. The predicted octanol–water partition coefficient (Wildman–Crippen LogP) is 7.61. The molecule has 0 spiro atoms. The maximum atomic E-state index is 14.0. The van der Waals surface area contributed by atoms with E-state index in [9.17, 15) is 9.59 Å². The van der Waals surface area contributed by atoms with Crippen molar-refractivity contribution in [3.63, 3.8) is 0 Å². The van der Waals surface area contributed by atoms with Crippen molar-refractivity contribution >= 4 is 18.0 Å². The lowest BCUT2D eigenvalue weighted by Crippen LogP contribution is -2.26. The summed E-state index contributed by atoms with van der Waals surface area (Å²) in [5.74, 6) is -0.0923. The Morgan fingerprint density at radius 3 is 2.16 bits per heavy atom. The van der Waals surface area contributed by atoms with Crippen LogP contribution in [0.5, 0.6) is 5.75 Å². The van der Waals surface area contributed by atoms with Gasteiger partial charge >= 0.3 is 11.9 Å². The molecule has 3 aromatic carbocycles. The van der Waals surface area contributed by atoms with E-state index >= 15 is 0 Å². The molecular formula is C33H36O5. The fourth-order valence-electron chi connectivity index (χ4n) is 4.78. The molecule has 0 saturated heterocycles. The minimum Gasteiger partial charge on any atom is -0.463 e. The molecule has 0 amide bonds. The summed E-state index contributed by atoms with van der Waals surface area (Å²) >= 11 is 0. The van der Waals surface area contributed by atoms with E-state index in [2.05, 4.69) is 27.7 Å². The van der Waals surface area contributed by atoms with Crippen LogP contribution in [0.15, 0.2) is 72.3 Å². The van der Waals surface area contributed by atoms with Gasteiger partial charge in [0.25, 0.3) is 0 Å². The molecule has 3 aromatic rings. The number of esters is 2. The van der Waals surface area contributed by atoms with Gasteiger partial charge in [0, 0.05) is 0 Å². The molecule has 0 aromatic heterocycles. The van der Waals surface area contributed by atoms with Crippen molar-refractivity contribution in [2.24, 2.45) is 0 Å². The van der Waals surface area contributed by atoms with Crippen molar-refractivity contribution in [2.75, 3.05) is 6.61 Å². The molecule has 4 rings (SSSR count). The third-order valence-corrected chi connectivity index (χ3v) is 6.74. The fourth-order valence-corrected chi connectivity index (χ4v) is 4.78. The van der Waals surface area contributed by atoms with Crippen LogP contribution < -0.4 is 4.74 Å². The van der Waals surface area contributed by atoms with Gasteiger partial charge in [-0.15, -0.1) is 0 Å². The highest BCUT2D eigenvalue weighted by Gasteiger charge is 2.37. The molecule has 0 fully saturated rings. The SMILES string of the molecule is CCOC(=O)C1=Cc2ccc(C)cc2[C@H](C(=O)Oc2c(C(C)C)cccc2C(C)C)O[C@H]1c1ccccc1. The second-order valence-corrected chi connectivity index (χ2v) is 10.3. The number of hydrogen-bond acceptors (Lipinski definition) is 5. The number of fused-ring (bicyclic) bond motifs is 1. The summed E-state index contributed by atoms with van der Waals surface area (Å²) in [6, 6.07) is 21.2. The first-order valence-corrected chi connectivity index (χ1v) is 13.2. The Balaban J connectivity index is 1.84. The molecule has 5 nitrogen and oxygen atoms in total. The fraction of sp³-hybridized carbons (Fsp3) is 0.333. The van der Waals surface area contributed by atoms with Crippen molar-refractivity contribution in [1.82, 2.24) is 0 Å². The molecule has 0 saturated carbocycles. The van der Waals surface area contributed by atoms with Crippen LogP contribution in [0.3, 0.4) is 0 Å². The molecule has 0 aliphatic carbocycles. The molecule has 0 N–H and O–H groups in total. The van der Waals surface area contributed by atoms with Crippen LogP contribution in [0.4, 0.5) is 0 Å². The monoisotopic (exact) mass is 512 g/mol. The highest BCUT2D eigenvalue weighted by Crippen LogP contribution is 2.41. The van der Waals surface area contributed by atoms with Crippen molar-refractivity contribution in [3.05, 3.63) is 106 Å². The van der Waals surface area contributed by atoms with Gasteiger partial charge in [-0.05, 0) is 59.6 Å². The first-order chi connectivity index (χ1) is 18.2. The Kier molecular flexibility index (Phi) is 8.48. The van der Waals surface area contributed by atoms with Gasteiger partial charge in [0.15, 0.2) is 6.10 Å². The summed E-state index contributed by atoms with van der Waals surface area (Å²) in [4.78, 5) is 27.2. The molecule has 5 heteroatoms. The van der Waals surface area contributed by atoms with Crippen LogP contribution >= 0.6 is 0 Å². The van der Waals surface area contributed by atoms with Gasteiger partial charge < -0.3 is 14.2 Å². The van der Waals surface area contributed by atoms with Gasteiger partial charge in [0.2, 0.25) is 0 Å². The van der Waals surface area contributed by atoms with Gasteiger partial charge in [0.05, 0.1) is 12.2 Å². The molecule has 0 bridgehead atoms. The maximum absolute atomic E-state index is 14.0. The molecule has 0 radical (unpaired) electrons. The third-order valence-electron chi connectivity index (χ3n) is 6.74. The van der Waals surface area contributed by atoms with E-state index in [1.54, 1.807) is 13.0 Å². The maximum Gasteiger partial charge on any atom is 0.345 e. The van der Waals surface area contributed by atoms with E-state index in [0.717, 1.165) is 27.8 Å². The van der Waals surface area contributed by atoms with Crippen molar-refractivity contribution in [3.8, 4) is 5.75 Å². The molecule has 2 atom stereocenters. The largest absolute Gasteiger partial charge is 0.463 e. The predicted molar refractivity (Wildman–Crippen MR) is 149 cm³/mol. The van der Waals surface area contributed by atoms with Gasteiger partial charge in [-0.1, -0.05) is 100.0 Å². The highest BCUT2D eigenvalue weighted by atomic mass is 16.6. The summed E-state index contributed by atoms with van der Waals surface area (Å²) in [7, 11) is 0. The smallest absolute Gasteiger partial charge is 0.345 e. The number of carbonyl (C=O) groups is 2. The van der Waals surface area contributed by atoms with Crippen molar-refractivity contribution in [1.29, 1.82) is 0 Å². The number of para-hydroxylation sites is 1. The van der Waals surface area contributed by atoms with Crippen LogP contribution in [0.25, 0.3) is 6.08 Å². The molecule has 1 aliphatic heterocycles. The minimum absolute atomic E-state index is 0.162. The minimum atomic E-state index is -1.06. The van der Waals surface area contributed by atoms with E-state index in [-0.39, 0.29) is 18.4 Å². The van der Waals surface area contributed by atoms with Crippen LogP contribution in [0.1, 0.15) is 92.0 Å². The van der Waals surface area contributed by atoms with Gasteiger partial charge in [-0.3, -0.25) is 0 Å². The summed E-state index contributed by atoms with van der Waals surface area (Å²) in [6.45, 7) is 12.3. The van der Waals surface area contributed by atoms with Crippen LogP contribution in [0, 0.1) is 6.92 Å². The Labute approximate surface area is 225 Å². The molecule has 1 heterocycles. The number of ether oxygens (including phenoxy) is 3. The van der Waals surface area contributed by atoms with Crippen molar-refractivity contribution < 1.29 is 23.8 Å². The number of rotatable bonds is 7. The molecule has 0 unspecified atom stereocenters. The average Bonchev–Trinajstić information content (AvgIpc) is 3.06. The number of benzene rings is 3. The van der Waals surface area contributed by atoms with Crippen LogP contribution in [-0.2, 0) is 19.1 Å². The second-order valence-electron chi connectivity index (χ2n) is 10.3. The molecule has 1 aliphatic rings. The number of hydrogen-bond donors (Lipinski definition) is 0. The summed E-state index contributed by atoms with van der Waals surface area (Å²) in [5, 5.41) is 0. The Bertz CT molecular complexity index is 1310. The Morgan fingerprint density at radius 2 is 1.55 bits per heavy atom. The lowest BCUT2D eigenvalue weighted by atomic mass is 9.94.